The Morgan fingerprint density at radius 3 is 2.33 bits per heavy atom. The van der Waals surface area contributed by atoms with Crippen molar-refractivity contribution in [1.82, 2.24) is 0 Å². The van der Waals surface area contributed by atoms with Gasteiger partial charge in [0.2, 0.25) is 0 Å². The smallest absolute Gasteiger partial charge is 0.123 e. The molecule has 0 atom stereocenters. The summed E-state index contributed by atoms with van der Waals surface area (Å²) >= 11 is 0. The molecule has 0 aliphatic rings. The second-order valence-corrected chi connectivity index (χ2v) is 5.82. The average Bonchev–Trinajstić information content (AvgIpc) is 2.28. The van der Waals surface area contributed by atoms with Crippen molar-refractivity contribution in [3.8, 4) is 11.5 Å². The maximum absolute atomic E-state index is 5.92. The van der Waals surface area contributed by atoms with Crippen molar-refractivity contribution < 1.29 is 9.47 Å². The Morgan fingerprint density at radius 1 is 1.17 bits per heavy atom. The summed E-state index contributed by atoms with van der Waals surface area (Å²) in [4.78, 5) is 0. The monoisotopic (exact) mass is 251 g/mol. The van der Waals surface area contributed by atoms with Crippen LogP contribution in [0.5, 0.6) is 11.5 Å². The Morgan fingerprint density at radius 2 is 1.83 bits per heavy atom. The van der Waals surface area contributed by atoms with Crippen molar-refractivity contribution in [3.63, 3.8) is 0 Å². The van der Waals surface area contributed by atoms with Crippen LogP contribution in [0.1, 0.15) is 31.9 Å². The van der Waals surface area contributed by atoms with Gasteiger partial charge < -0.3 is 15.2 Å². The molecule has 0 aliphatic carbocycles. The van der Waals surface area contributed by atoms with Gasteiger partial charge in [0, 0.05) is 0 Å². The van der Waals surface area contributed by atoms with Gasteiger partial charge in [0.05, 0.1) is 13.7 Å². The zero-order valence-electron chi connectivity index (χ0n) is 12.2. The van der Waals surface area contributed by atoms with Crippen molar-refractivity contribution in [2.45, 2.75) is 34.1 Å². The molecule has 0 spiro atoms. The number of benzene rings is 1. The molecule has 1 rings (SSSR count). The summed E-state index contributed by atoms with van der Waals surface area (Å²) in [7, 11) is 1.68. The fraction of sp³-hybridized carbons (Fsp3) is 0.600. The molecular formula is C15H25NO2. The van der Waals surface area contributed by atoms with Gasteiger partial charge in [-0.25, -0.2) is 0 Å². The lowest BCUT2D eigenvalue weighted by Gasteiger charge is -2.21. The van der Waals surface area contributed by atoms with E-state index in [9.17, 15) is 0 Å². The van der Waals surface area contributed by atoms with E-state index in [0.29, 0.717) is 13.2 Å². The fourth-order valence-corrected chi connectivity index (χ4v) is 1.70. The molecule has 0 aliphatic heterocycles. The normalized spacial score (nSPS) is 11.4. The summed E-state index contributed by atoms with van der Waals surface area (Å²) < 4.78 is 11.3. The third-order valence-corrected chi connectivity index (χ3v) is 2.65. The average molecular weight is 251 g/mol. The SMILES string of the molecule is COc1cc(CCN)c(OCC(C)(C)C)cc1C. The molecule has 0 amide bonds. The van der Waals surface area contributed by atoms with E-state index < -0.39 is 0 Å². The van der Waals surface area contributed by atoms with Crippen molar-refractivity contribution >= 4 is 0 Å². The topological polar surface area (TPSA) is 44.5 Å². The lowest BCUT2D eigenvalue weighted by atomic mass is 9.98. The number of hydrogen-bond acceptors (Lipinski definition) is 3. The highest BCUT2D eigenvalue weighted by Crippen LogP contribution is 2.29. The van der Waals surface area contributed by atoms with Gasteiger partial charge in [0.25, 0.3) is 0 Å². The third kappa shape index (κ3) is 4.22. The Labute approximate surface area is 110 Å². The number of aryl methyl sites for hydroxylation is 1. The summed E-state index contributed by atoms with van der Waals surface area (Å²) in [6.45, 7) is 9.80. The third-order valence-electron chi connectivity index (χ3n) is 2.65. The van der Waals surface area contributed by atoms with Crippen LogP contribution in [0.3, 0.4) is 0 Å². The highest BCUT2D eigenvalue weighted by atomic mass is 16.5. The van der Waals surface area contributed by atoms with E-state index in [-0.39, 0.29) is 5.41 Å². The molecule has 3 heteroatoms. The Bertz CT molecular complexity index is 394. The molecule has 0 saturated heterocycles. The van der Waals surface area contributed by atoms with Crippen LogP contribution in [-0.2, 0) is 6.42 Å². The highest BCUT2D eigenvalue weighted by Gasteiger charge is 2.14. The summed E-state index contributed by atoms with van der Waals surface area (Å²) in [5.74, 6) is 1.82. The van der Waals surface area contributed by atoms with Crippen LogP contribution in [0.4, 0.5) is 0 Å². The summed E-state index contributed by atoms with van der Waals surface area (Å²) in [6.07, 6.45) is 0.802. The Hall–Kier alpha value is -1.22. The van der Waals surface area contributed by atoms with E-state index in [0.717, 1.165) is 29.0 Å². The van der Waals surface area contributed by atoms with E-state index in [1.165, 1.54) is 0 Å². The minimum absolute atomic E-state index is 0.147. The standard InChI is InChI=1S/C15H25NO2/c1-11-8-14(18-10-15(2,3)4)12(6-7-16)9-13(11)17-5/h8-9H,6-7,10,16H2,1-5H3. The fourth-order valence-electron chi connectivity index (χ4n) is 1.70. The molecule has 0 fully saturated rings. The largest absolute Gasteiger partial charge is 0.496 e. The second kappa shape index (κ2) is 6.10. The van der Waals surface area contributed by atoms with E-state index in [1.807, 2.05) is 19.1 Å². The van der Waals surface area contributed by atoms with Crippen LogP contribution in [0.15, 0.2) is 12.1 Å². The second-order valence-electron chi connectivity index (χ2n) is 5.82. The van der Waals surface area contributed by atoms with Crippen LogP contribution in [0, 0.1) is 12.3 Å². The van der Waals surface area contributed by atoms with Crippen LogP contribution >= 0.6 is 0 Å². The molecule has 18 heavy (non-hydrogen) atoms. The lowest BCUT2D eigenvalue weighted by molar-refractivity contribution is 0.196. The molecule has 2 N–H and O–H groups in total. The van der Waals surface area contributed by atoms with Gasteiger partial charge in [0.1, 0.15) is 11.5 Å². The molecular weight excluding hydrogens is 226 g/mol. The zero-order chi connectivity index (χ0) is 13.8. The number of ether oxygens (including phenoxy) is 2. The first-order valence-electron chi connectivity index (χ1n) is 6.38. The molecule has 0 bridgehead atoms. The van der Waals surface area contributed by atoms with Gasteiger partial charge in [-0.2, -0.15) is 0 Å². The molecule has 0 radical (unpaired) electrons. The summed E-state index contributed by atoms with van der Waals surface area (Å²) in [5.41, 5.74) is 7.99. The van der Waals surface area contributed by atoms with Crippen molar-refractivity contribution in [3.05, 3.63) is 23.3 Å². The molecule has 0 saturated carbocycles. The van der Waals surface area contributed by atoms with Crippen LogP contribution in [0.25, 0.3) is 0 Å². The maximum Gasteiger partial charge on any atom is 0.123 e. The maximum atomic E-state index is 5.92. The molecule has 0 aromatic heterocycles. The molecule has 0 heterocycles. The van der Waals surface area contributed by atoms with Crippen LogP contribution in [0.2, 0.25) is 0 Å². The van der Waals surface area contributed by atoms with E-state index >= 15 is 0 Å². The van der Waals surface area contributed by atoms with Crippen LogP contribution in [-0.4, -0.2) is 20.3 Å². The minimum atomic E-state index is 0.147. The van der Waals surface area contributed by atoms with Crippen molar-refractivity contribution in [1.29, 1.82) is 0 Å². The first-order chi connectivity index (χ1) is 8.37. The minimum Gasteiger partial charge on any atom is -0.496 e. The van der Waals surface area contributed by atoms with Gasteiger partial charge in [-0.1, -0.05) is 20.8 Å². The predicted molar refractivity (Wildman–Crippen MR) is 75.4 cm³/mol. The number of nitrogens with two attached hydrogens (primary N) is 1. The summed E-state index contributed by atoms with van der Waals surface area (Å²) in [5, 5.41) is 0. The van der Waals surface area contributed by atoms with Gasteiger partial charge >= 0.3 is 0 Å². The van der Waals surface area contributed by atoms with Gasteiger partial charge in [-0.05, 0) is 48.6 Å². The molecule has 3 nitrogen and oxygen atoms in total. The molecule has 102 valence electrons. The first kappa shape index (κ1) is 14.8. The molecule has 1 aromatic carbocycles. The van der Waals surface area contributed by atoms with Crippen LogP contribution < -0.4 is 15.2 Å². The van der Waals surface area contributed by atoms with Gasteiger partial charge in [-0.3, -0.25) is 0 Å². The van der Waals surface area contributed by atoms with Gasteiger partial charge in [-0.15, -0.1) is 0 Å². The Balaban J connectivity index is 2.97. The summed E-state index contributed by atoms with van der Waals surface area (Å²) in [6, 6.07) is 4.07. The van der Waals surface area contributed by atoms with E-state index in [2.05, 4.69) is 20.8 Å². The Kier molecular flexibility index (Phi) is 5.03. The quantitative estimate of drug-likeness (QED) is 0.875. The van der Waals surface area contributed by atoms with E-state index in [4.69, 9.17) is 15.2 Å². The zero-order valence-corrected chi connectivity index (χ0v) is 12.2. The van der Waals surface area contributed by atoms with Crippen molar-refractivity contribution in [2.75, 3.05) is 20.3 Å². The number of rotatable bonds is 5. The highest BCUT2D eigenvalue weighted by molar-refractivity contribution is 5.46. The van der Waals surface area contributed by atoms with E-state index in [1.54, 1.807) is 7.11 Å². The lowest BCUT2D eigenvalue weighted by Crippen LogP contribution is -2.18. The predicted octanol–water partition coefficient (Wildman–Crippen LogP) is 2.93. The molecule has 1 aromatic rings. The number of hydrogen-bond donors (Lipinski definition) is 1. The number of methoxy groups -OCH3 is 1. The molecule has 0 unspecified atom stereocenters. The van der Waals surface area contributed by atoms with Gasteiger partial charge in [0.15, 0.2) is 0 Å². The van der Waals surface area contributed by atoms with Crippen molar-refractivity contribution in [2.24, 2.45) is 11.1 Å². The first-order valence-corrected chi connectivity index (χ1v) is 6.38.